The molecule has 1 atom stereocenters. The van der Waals surface area contributed by atoms with Gasteiger partial charge < -0.3 is 0 Å². The van der Waals surface area contributed by atoms with E-state index in [-0.39, 0.29) is 5.92 Å². The van der Waals surface area contributed by atoms with Gasteiger partial charge in [0.25, 0.3) is 0 Å². The normalized spacial score (nSPS) is 12.4. The van der Waals surface area contributed by atoms with Crippen LogP contribution in [0.1, 0.15) is 31.7 Å². The summed E-state index contributed by atoms with van der Waals surface area (Å²) in [4.78, 5) is 11.4. The van der Waals surface area contributed by atoms with Crippen molar-refractivity contribution < 1.29 is 4.79 Å². The molecule has 0 saturated carbocycles. The lowest BCUT2D eigenvalue weighted by molar-refractivity contribution is -0.112. The van der Waals surface area contributed by atoms with Gasteiger partial charge in [-0.2, -0.15) is 0 Å². The van der Waals surface area contributed by atoms with Crippen molar-refractivity contribution in [3.8, 4) is 0 Å². The third-order valence-corrected chi connectivity index (χ3v) is 3.43. The van der Waals surface area contributed by atoms with E-state index in [1.165, 1.54) is 5.56 Å². The van der Waals surface area contributed by atoms with Crippen LogP contribution in [0, 0.1) is 5.92 Å². The Balaban J connectivity index is 2.55. The van der Waals surface area contributed by atoms with Gasteiger partial charge in [-0.1, -0.05) is 50.1 Å². The maximum atomic E-state index is 11.4. The van der Waals surface area contributed by atoms with E-state index in [4.69, 9.17) is 0 Å². The van der Waals surface area contributed by atoms with Gasteiger partial charge in [0.05, 0.1) is 0 Å². The summed E-state index contributed by atoms with van der Waals surface area (Å²) in [5, 5.41) is 0. The number of carbonyl (C=O) groups is 1. The molecule has 0 unspecified atom stereocenters. The maximum absolute atomic E-state index is 11.4. The summed E-state index contributed by atoms with van der Waals surface area (Å²) >= 11 is 1.93. The zero-order valence-electron chi connectivity index (χ0n) is 9.08. The zero-order chi connectivity index (χ0) is 11.1. The van der Waals surface area contributed by atoms with Crippen LogP contribution in [0.5, 0.6) is 0 Å². The SMILES string of the molecule is CCCC[C@@H](Cc1ccccc1)C(=O)I. The Morgan fingerprint density at radius 2 is 2.00 bits per heavy atom. The summed E-state index contributed by atoms with van der Waals surface area (Å²) in [7, 11) is 0. The monoisotopic (exact) mass is 316 g/mol. The number of hydrogen-bond donors (Lipinski definition) is 0. The summed E-state index contributed by atoms with van der Waals surface area (Å²) < 4.78 is 0.296. The first-order valence-corrected chi connectivity index (χ1v) is 6.55. The molecule has 15 heavy (non-hydrogen) atoms. The summed E-state index contributed by atoms with van der Waals surface area (Å²) in [6, 6.07) is 10.3. The molecule has 0 aliphatic carbocycles. The van der Waals surface area contributed by atoms with Crippen LogP contribution in [0.3, 0.4) is 0 Å². The summed E-state index contributed by atoms with van der Waals surface area (Å²) in [6.07, 6.45) is 4.22. The lowest BCUT2D eigenvalue weighted by Gasteiger charge is -2.11. The van der Waals surface area contributed by atoms with Crippen molar-refractivity contribution in [1.29, 1.82) is 0 Å². The average molecular weight is 316 g/mol. The molecule has 0 spiro atoms. The van der Waals surface area contributed by atoms with Crippen LogP contribution < -0.4 is 0 Å². The average Bonchev–Trinajstić information content (AvgIpc) is 2.25. The predicted molar refractivity (Wildman–Crippen MR) is 72.2 cm³/mol. The lowest BCUT2D eigenvalue weighted by atomic mass is 9.95. The Bertz CT molecular complexity index is 295. The zero-order valence-corrected chi connectivity index (χ0v) is 11.2. The second-order valence-electron chi connectivity index (χ2n) is 3.83. The molecule has 1 aromatic carbocycles. The molecule has 0 fully saturated rings. The topological polar surface area (TPSA) is 17.1 Å². The van der Waals surface area contributed by atoms with Crippen molar-refractivity contribution in [1.82, 2.24) is 0 Å². The third-order valence-electron chi connectivity index (χ3n) is 2.55. The Labute approximate surface area is 105 Å². The Kier molecular flexibility index (Phi) is 5.91. The van der Waals surface area contributed by atoms with Gasteiger partial charge in [-0.05, 0) is 41.0 Å². The molecule has 0 amide bonds. The number of unbranched alkanes of at least 4 members (excludes halogenated alkanes) is 1. The molecule has 82 valence electrons. The lowest BCUT2D eigenvalue weighted by Crippen LogP contribution is -2.11. The van der Waals surface area contributed by atoms with Gasteiger partial charge in [0.2, 0.25) is 0 Å². The first-order chi connectivity index (χ1) is 7.24. The first kappa shape index (κ1) is 12.7. The molecule has 0 aliphatic rings. The van der Waals surface area contributed by atoms with Gasteiger partial charge in [0.1, 0.15) is 0 Å². The van der Waals surface area contributed by atoms with Crippen molar-refractivity contribution >= 4 is 26.4 Å². The third kappa shape index (κ3) is 4.78. The molecule has 2 heteroatoms. The highest BCUT2D eigenvalue weighted by atomic mass is 127. The highest BCUT2D eigenvalue weighted by molar-refractivity contribution is 14.1. The van der Waals surface area contributed by atoms with Crippen molar-refractivity contribution in [3.63, 3.8) is 0 Å². The quantitative estimate of drug-likeness (QED) is 0.573. The second-order valence-corrected chi connectivity index (χ2v) is 4.90. The summed E-state index contributed by atoms with van der Waals surface area (Å²) in [5.41, 5.74) is 1.27. The molecule has 1 nitrogen and oxygen atoms in total. The molecular weight excluding hydrogens is 299 g/mol. The van der Waals surface area contributed by atoms with E-state index in [2.05, 4.69) is 19.1 Å². The number of rotatable bonds is 6. The summed E-state index contributed by atoms with van der Waals surface area (Å²) in [5.74, 6) is 0.202. The maximum Gasteiger partial charge on any atom is 0.195 e. The minimum atomic E-state index is 0.202. The van der Waals surface area contributed by atoms with Crippen LogP contribution in [0.2, 0.25) is 0 Å². The molecule has 1 aromatic rings. The first-order valence-electron chi connectivity index (χ1n) is 5.47. The van der Waals surface area contributed by atoms with E-state index in [1.54, 1.807) is 0 Å². The largest absolute Gasteiger partial charge is 0.287 e. The fourth-order valence-corrected chi connectivity index (χ4v) is 2.18. The van der Waals surface area contributed by atoms with Crippen molar-refractivity contribution in [2.24, 2.45) is 5.92 Å². The number of benzene rings is 1. The van der Waals surface area contributed by atoms with E-state index in [0.717, 1.165) is 25.7 Å². The van der Waals surface area contributed by atoms with Gasteiger partial charge in [-0.15, -0.1) is 0 Å². The molecule has 0 saturated heterocycles. The van der Waals surface area contributed by atoms with E-state index < -0.39 is 0 Å². The van der Waals surface area contributed by atoms with Crippen molar-refractivity contribution in [2.75, 3.05) is 0 Å². The highest BCUT2D eigenvalue weighted by Gasteiger charge is 2.15. The number of hydrogen-bond acceptors (Lipinski definition) is 1. The molecular formula is C13H17IO. The number of halogens is 1. The van der Waals surface area contributed by atoms with Gasteiger partial charge in [0.15, 0.2) is 3.79 Å². The van der Waals surface area contributed by atoms with E-state index in [1.807, 2.05) is 40.8 Å². The van der Waals surface area contributed by atoms with Crippen LogP contribution in [0.25, 0.3) is 0 Å². The van der Waals surface area contributed by atoms with Crippen LogP contribution in [0.15, 0.2) is 30.3 Å². The van der Waals surface area contributed by atoms with Gasteiger partial charge in [-0.3, -0.25) is 4.79 Å². The second kappa shape index (κ2) is 6.99. The van der Waals surface area contributed by atoms with E-state index >= 15 is 0 Å². The predicted octanol–water partition coefficient (Wildman–Crippen LogP) is 4.00. The van der Waals surface area contributed by atoms with Gasteiger partial charge >= 0.3 is 0 Å². The highest BCUT2D eigenvalue weighted by Crippen LogP contribution is 2.18. The van der Waals surface area contributed by atoms with Crippen LogP contribution in [0.4, 0.5) is 0 Å². The molecule has 1 rings (SSSR count). The fraction of sp³-hybridized carbons (Fsp3) is 0.462. The van der Waals surface area contributed by atoms with Crippen molar-refractivity contribution in [3.05, 3.63) is 35.9 Å². The van der Waals surface area contributed by atoms with Gasteiger partial charge in [-0.25, -0.2) is 0 Å². The Hall–Kier alpha value is -0.380. The fourth-order valence-electron chi connectivity index (χ4n) is 1.64. The Morgan fingerprint density at radius 3 is 2.53 bits per heavy atom. The molecule has 0 radical (unpaired) electrons. The standard InChI is InChI=1S/C13H17IO/c1-2-3-9-12(13(14)15)10-11-7-5-4-6-8-11/h4-8,12H,2-3,9-10H2,1H3/t12-/m0/s1. The summed E-state index contributed by atoms with van der Waals surface area (Å²) in [6.45, 7) is 2.16. The minimum absolute atomic E-state index is 0.202. The van der Waals surface area contributed by atoms with Crippen LogP contribution >= 0.6 is 22.6 Å². The molecule has 0 bridgehead atoms. The molecule has 0 aromatic heterocycles. The van der Waals surface area contributed by atoms with Crippen molar-refractivity contribution in [2.45, 2.75) is 32.6 Å². The number of carbonyl (C=O) groups excluding carboxylic acids is 1. The molecule has 0 heterocycles. The molecule has 0 N–H and O–H groups in total. The van der Waals surface area contributed by atoms with Gasteiger partial charge in [0, 0.05) is 5.92 Å². The van der Waals surface area contributed by atoms with Crippen LogP contribution in [-0.2, 0) is 11.2 Å². The minimum Gasteiger partial charge on any atom is -0.287 e. The van der Waals surface area contributed by atoms with E-state index in [0.29, 0.717) is 3.79 Å². The van der Waals surface area contributed by atoms with Crippen LogP contribution in [-0.4, -0.2) is 3.79 Å². The Morgan fingerprint density at radius 1 is 1.33 bits per heavy atom. The molecule has 0 aliphatic heterocycles. The smallest absolute Gasteiger partial charge is 0.195 e. The van der Waals surface area contributed by atoms with E-state index in [9.17, 15) is 4.79 Å².